The van der Waals surface area contributed by atoms with Crippen LogP contribution in [-0.2, 0) is 14.4 Å². The number of carbonyl (C=O) groups excluding carboxylic acids is 3. The number of nitrogens with zero attached hydrogens (tertiary/aromatic N) is 2. The van der Waals surface area contributed by atoms with Gasteiger partial charge >= 0.3 is 0 Å². The van der Waals surface area contributed by atoms with Gasteiger partial charge in [-0.15, -0.1) is 0 Å². The second-order valence-electron chi connectivity index (χ2n) is 8.45. The number of piperidine rings is 1. The molecule has 28 heavy (non-hydrogen) atoms. The van der Waals surface area contributed by atoms with Crippen LogP contribution >= 0.6 is 0 Å². The molecule has 4 rings (SSSR count). The molecule has 3 fully saturated rings. The molecule has 3 amide bonds. The van der Waals surface area contributed by atoms with Crippen molar-refractivity contribution in [3.63, 3.8) is 0 Å². The zero-order valence-electron chi connectivity index (χ0n) is 16.4. The Morgan fingerprint density at radius 1 is 0.929 bits per heavy atom. The molecule has 1 aliphatic carbocycles. The summed E-state index contributed by atoms with van der Waals surface area (Å²) in [5.74, 6) is -0.671. The Morgan fingerprint density at radius 2 is 1.57 bits per heavy atom. The highest BCUT2D eigenvalue weighted by atomic mass is 16.2. The van der Waals surface area contributed by atoms with Crippen molar-refractivity contribution in [3.8, 4) is 0 Å². The van der Waals surface area contributed by atoms with Crippen molar-refractivity contribution in [1.29, 1.82) is 0 Å². The number of nitrogens with one attached hydrogen (secondary N) is 1. The van der Waals surface area contributed by atoms with Crippen LogP contribution in [0.25, 0.3) is 0 Å². The van der Waals surface area contributed by atoms with E-state index < -0.39 is 5.41 Å². The maximum atomic E-state index is 12.8. The largest absolute Gasteiger partial charge is 0.372 e. The number of amides is 3. The molecule has 6 heteroatoms. The third-order valence-electron chi connectivity index (χ3n) is 6.47. The van der Waals surface area contributed by atoms with Gasteiger partial charge in [-0.3, -0.25) is 19.3 Å². The smallest absolute Gasteiger partial charge is 0.244 e. The van der Waals surface area contributed by atoms with Crippen molar-refractivity contribution in [2.24, 2.45) is 5.41 Å². The van der Waals surface area contributed by atoms with Gasteiger partial charge in [0.25, 0.3) is 0 Å². The van der Waals surface area contributed by atoms with Crippen LogP contribution in [0.2, 0.25) is 0 Å². The lowest BCUT2D eigenvalue weighted by Gasteiger charge is -2.30. The number of likely N-dealkylation sites (tertiary alicyclic amines) is 1. The third kappa shape index (κ3) is 3.77. The molecule has 1 saturated carbocycles. The van der Waals surface area contributed by atoms with Crippen LogP contribution in [0, 0.1) is 5.41 Å². The van der Waals surface area contributed by atoms with E-state index in [0.29, 0.717) is 5.69 Å². The van der Waals surface area contributed by atoms with E-state index in [1.165, 1.54) is 29.8 Å². The SMILES string of the molecule is O=C(CN1C(=O)CC2(CCCCC2)C1=O)Nc1ccc(N2CCCCC2)cc1. The zero-order valence-corrected chi connectivity index (χ0v) is 16.4. The summed E-state index contributed by atoms with van der Waals surface area (Å²) in [4.78, 5) is 41.2. The lowest BCUT2D eigenvalue weighted by molar-refractivity contribution is -0.144. The monoisotopic (exact) mass is 383 g/mol. The molecule has 0 aromatic heterocycles. The number of hydrogen-bond acceptors (Lipinski definition) is 4. The zero-order chi connectivity index (χ0) is 19.6. The topological polar surface area (TPSA) is 69.7 Å². The average Bonchev–Trinajstić information content (AvgIpc) is 2.93. The van der Waals surface area contributed by atoms with Crippen LogP contribution in [0.3, 0.4) is 0 Å². The molecule has 2 heterocycles. The highest BCUT2D eigenvalue weighted by molar-refractivity contribution is 6.09. The maximum Gasteiger partial charge on any atom is 0.244 e. The summed E-state index contributed by atoms with van der Waals surface area (Å²) in [5.41, 5.74) is 1.32. The van der Waals surface area contributed by atoms with E-state index in [1.54, 1.807) is 0 Å². The highest BCUT2D eigenvalue weighted by Crippen LogP contribution is 2.45. The standard InChI is InChI=1S/C22H29N3O3/c26-19(16-25-20(27)15-22(21(25)28)11-3-1-4-12-22)23-17-7-9-18(10-8-17)24-13-5-2-6-14-24/h7-10H,1-6,11-16H2,(H,23,26). The molecule has 0 bridgehead atoms. The van der Waals surface area contributed by atoms with Crippen molar-refractivity contribution in [1.82, 2.24) is 4.90 Å². The number of hydrogen-bond donors (Lipinski definition) is 1. The minimum Gasteiger partial charge on any atom is -0.372 e. The van der Waals surface area contributed by atoms with E-state index in [4.69, 9.17) is 0 Å². The van der Waals surface area contributed by atoms with Gasteiger partial charge < -0.3 is 10.2 Å². The normalized spacial score (nSPS) is 22.0. The van der Waals surface area contributed by atoms with E-state index >= 15 is 0 Å². The Kier molecular flexibility index (Phi) is 5.38. The molecule has 0 unspecified atom stereocenters. The predicted octanol–water partition coefficient (Wildman–Crippen LogP) is 3.32. The van der Waals surface area contributed by atoms with Crippen molar-refractivity contribution < 1.29 is 14.4 Å². The van der Waals surface area contributed by atoms with Gasteiger partial charge in [-0.1, -0.05) is 19.3 Å². The predicted molar refractivity (Wildman–Crippen MR) is 108 cm³/mol. The van der Waals surface area contributed by atoms with Crippen molar-refractivity contribution in [3.05, 3.63) is 24.3 Å². The van der Waals surface area contributed by atoms with Gasteiger partial charge in [0.15, 0.2) is 0 Å². The van der Waals surface area contributed by atoms with E-state index in [9.17, 15) is 14.4 Å². The van der Waals surface area contributed by atoms with E-state index in [-0.39, 0.29) is 30.7 Å². The number of carbonyl (C=O) groups is 3. The first-order valence-corrected chi connectivity index (χ1v) is 10.6. The van der Waals surface area contributed by atoms with Gasteiger partial charge in [-0.2, -0.15) is 0 Å². The van der Waals surface area contributed by atoms with Gasteiger partial charge in [0.05, 0.1) is 5.41 Å². The number of rotatable bonds is 4. The minimum atomic E-state index is -0.536. The highest BCUT2D eigenvalue weighted by Gasteiger charge is 2.51. The summed E-state index contributed by atoms with van der Waals surface area (Å²) >= 11 is 0. The molecule has 150 valence electrons. The van der Waals surface area contributed by atoms with Gasteiger partial charge in [0, 0.05) is 30.9 Å². The fraction of sp³-hybridized carbons (Fsp3) is 0.591. The third-order valence-corrected chi connectivity index (χ3v) is 6.47. The molecular formula is C22H29N3O3. The summed E-state index contributed by atoms with van der Waals surface area (Å²) in [6.45, 7) is 1.96. The summed E-state index contributed by atoms with van der Waals surface area (Å²) in [6.07, 6.45) is 8.64. The first-order chi connectivity index (χ1) is 13.6. The van der Waals surface area contributed by atoms with Gasteiger partial charge in [-0.05, 0) is 56.4 Å². The van der Waals surface area contributed by atoms with Crippen molar-refractivity contribution in [2.45, 2.75) is 57.8 Å². The first kappa shape index (κ1) is 19.0. The molecule has 6 nitrogen and oxygen atoms in total. The summed E-state index contributed by atoms with van der Waals surface area (Å²) in [6, 6.07) is 7.81. The molecule has 0 radical (unpaired) electrons. The first-order valence-electron chi connectivity index (χ1n) is 10.6. The average molecular weight is 383 g/mol. The Labute approximate surface area is 166 Å². The van der Waals surface area contributed by atoms with Gasteiger partial charge in [0.2, 0.25) is 17.7 Å². The second kappa shape index (κ2) is 7.94. The molecule has 1 aromatic rings. The Balaban J connectivity index is 1.35. The van der Waals surface area contributed by atoms with Crippen LogP contribution in [-0.4, -0.2) is 42.3 Å². The van der Waals surface area contributed by atoms with E-state index in [0.717, 1.165) is 45.2 Å². The minimum absolute atomic E-state index is 0.146. The van der Waals surface area contributed by atoms with Crippen LogP contribution in [0.5, 0.6) is 0 Å². The van der Waals surface area contributed by atoms with Gasteiger partial charge in [-0.25, -0.2) is 0 Å². The molecule has 3 aliphatic rings. The molecule has 2 saturated heterocycles. The van der Waals surface area contributed by atoms with Crippen molar-refractivity contribution >= 4 is 29.1 Å². The van der Waals surface area contributed by atoms with Crippen LogP contribution in [0.4, 0.5) is 11.4 Å². The van der Waals surface area contributed by atoms with E-state index in [2.05, 4.69) is 10.2 Å². The Hall–Kier alpha value is -2.37. The number of imide groups is 1. The summed E-state index contributed by atoms with van der Waals surface area (Å²) in [5, 5.41) is 2.83. The van der Waals surface area contributed by atoms with Crippen LogP contribution in [0.1, 0.15) is 57.8 Å². The van der Waals surface area contributed by atoms with Gasteiger partial charge in [0.1, 0.15) is 6.54 Å². The number of anilines is 2. The van der Waals surface area contributed by atoms with Crippen LogP contribution in [0.15, 0.2) is 24.3 Å². The Morgan fingerprint density at radius 3 is 2.25 bits per heavy atom. The molecule has 2 aliphatic heterocycles. The molecular weight excluding hydrogens is 354 g/mol. The van der Waals surface area contributed by atoms with Crippen molar-refractivity contribution in [2.75, 3.05) is 29.9 Å². The number of benzene rings is 1. The fourth-order valence-corrected chi connectivity index (χ4v) is 4.89. The fourth-order valence-electron chi connectivity index (χ4n) is 4.89. The molecule has 1 spiro atoms. The summed E-state index contributed by atoms with van der Waals surface area (Å²) < 4.78 is 0. The molecule has 1 aromatic carbocycles. The van der Waals surface area contributed by atoms with E-state index in [1.807, 2.05) is 24.3 Å². The lowest BCUT2D eigenvalue weighted by atomic mass is 9.73. The quantitative estimate of drug-likeness (QED) is 0.810. The lowest BCUT2D eigenvalue weighted by Crippen LogP contribution is -2.41. The maximum absolute atomic E-state index is 12.8. The molecule has 1 N–H and O–H groups in total. The molecule has 0 atom stereocenters. The Bertz CT molecular complexity index is 747. The second-order valence-corrected chi connectivity index (χ2v) is 8.45. The van der Waals surface area contributed by atoms with Crippen LogP contribution < -0.4 is 10.2 Å². The summed E-state index contributed by atoms with van der Waals surface area (Å²) in [7, 11) is 0.